The molecule has 3 nitrogen and oxygen atoms in total. The van der Waals surface area contributed by atoms with Gasteiger partial charge in [-0.05, 0) is 37.6 Å². The van der Waals surface area contributed by atoms with E-state index in [0.717, 1.165) is 23.9 Å². The van der Waals surface area contributed by atoms with Crippen LogP contribution in [-0.2, 0) is 6.54 Å². The van der Waals surface area contributed by atoms with Crippen LogP contribution in [-0.4, -0.2) is 31.1 Å². The van der Waals surface area contributed by atoms with Gasteiger partial charge in [0, 0.05) is 19.1 Å². The van der Waals surface area contributed by atoms with E-state index in [9.17, 15) is 0 Å². The van der Waals surface area contributed by atoms with Gasteiger partial charge in [-0.1, -0.05) is 17.7 Å². The van der Waals surface area contributed by atoms with Crippen LogP contribution in [0.2, 0.25) is 5.02 Å². The largest absolute Gasteiger partial charge is 0.491 e. The molecule has 4 heteroatoms. The van der Waals surface area contributed by atoms with Crippen LogP contribution in [0.3, 0.4) is 0 Å². The van der Waals surface area contributed by atoms with E-state index in [4.69, 9.17) is 22.1 Å². The van der Waals surface area contributed by atoms with Crippen molar-refractivity contribution < 1.29 is 4.74 Å². The third kappa shape index (κ3) is 3.60. The third-order valence-electron chi connectivity index (χ3n) is 3.10. The quantitative estimate of drug-likeness (QED) is 0.847. The summed E-state index contributed by atoms with van der Waals surface area (Å²) in [5.41, 5.74) is 6.57. The molecule has 1 aliphatic carbocycles. The number of hydrogen-bond acceptors (Lipinski definition) is 3. The van der Waals surface area contributed by atoms with E-state index in [1.165, 1.54) is 12.8 Å². The highest BCUT2D eigenvalue weighted by Crippen LogP contribution is 2.27. The standard InChI is InChI=1S/C13H19ClN2O/c1-16(11-3-4-11)6-7-17-13-5-2-10(9-15)8-12(13)14/h2,5,8,11H,3-4,6-7,9,15H2,1H3. The highest BCUT2D eigenvalue weighted by atomic mass is 35.5. The summed E-state index contributed by atoms with van der Waals surface area (Å²) in [6.45, 7) is 2.12. The van der Waals surface area contributed by atoms with Crippen LogP contribution in [0.4, 0.5) is 0 Å². The van der Waals surface area contributed by atoms with Crippen molar-refractivity contribution in [2.45, 2.75) is 25.4 Å². The van der Waals surface area contributed by atoms with Crippen molar-refractivity contribution in [2.75, 3.05) is 20.2 Å². The summed E-state index contributed by atoms with van der Waals surface area (Å²) < 4.78 is 5.67. The molecule has 0 unspecified atom stereocenters. The fourth-order valence-corrected chi connectivity index (χ4v) is 2.04. The van der Waals surface area contributed by atoms with Gasteiger partial charge in [0.2, 0.25) is 0 Å². The van der Waals surface area contributed by atoms with Crippen LogP contribution in [0.25, 0.3) is 0 Å². The second-order valence-corrected chi connectivity index (χ2v) is 4.94. The van der Waals surface area contributed by atoms with Crippen molar-refractivity contribution >= 4 is 11.6 Å². The van der Waals surface area contributed by atoms with Gasteiger partial charge in [0.1, 0.15) is 12.4 Å². The number of halogens is 1. The van der Waals surface area contributed by atoms with Crippen molar-refractivity contribution in [1.82, 2.24) is 4.90 Å². The van der Waals surface area contributed by atoms with E-state index < -0.39 is 0 Å². The highest BCUT2D eigenvalue weighted by molar-refractivity contribution is 6.32. The third-order valence-corrected chi connectivity index (χ3v) is 3.40. The van der Waals surface area contributed by atoms with Gasteiger partial charge >= 0.3 is 0 Å². The predicted molar refractivity (Wildman–Crippen MR) is 70.5 cm³/mol. The maximum absolute atomic E-state index is 6.10. The number of rotatable bonds is 6. The van der Waals surface area contributed by atoms with Crippen molar-refractivity contribution in [1.29, 1.82) is 0 Å². The summed E-state index contributed by atoms with van der Waals surface area (Å²) in [6, 6.07) is 6.48. The minimum Gasteiger partial charge on any atom is -0.491 e. The number of benzene rings is 1. The van der Waals surface area contributed by atoms with Crippen molar-refractivity contribution in [2.24, 2.45) is 5.73 Å². The molecule has 0 atom stereocenters. The van der Waals surface area contributed by atoms with Crippen molar-refractivity contribution in [3.05, 3.63) is 28.8 Å². The number of nitrogens with zero attached hydrogens (tertiary/aromatic N) is 1. The van der Waals surface area contributed by atoms with Crippen LogP contribution in [0.5, 0.6) is 5.75 Å². The van der Waals surface area contributed by atoms with Gasteiger partial charge in [-0.15, -0.1) is 0 Å². The molecule has 1 saturated carbocycles. The number of likely N-dealkylation sites (N-methyl/N-ethyl adjacent to an activating group) is 1. The lowest BCUT2D eigenvalue weighted by Crippen LogP contribution is -2.26. The summed E-state index contributed by atoms with van der Waals surface area (Å²) in [4.78, 5) is 2.34. The fourth-order valence-electron chi connectivity index (χ4n) is 1.79. The molecule has 94 valence electrons. The first-order valence-electron chi connectivity index (χ1n) is 6.02. The first-order valence-corrected chi connectivity index (χ1v) is 6.40. The van der Waals surface area contributed by atoms with E-state index in [1.807, 2.05) is 18.2 Å². The van der Waals surface area contributed by atoms with E-state index in [2.05, 4.69) is 11.9 Å². The van der Waals surface area contributed by atoms with Gasteiger partial charge in [-0.3, -0.25) is 0 Å². The Morgan fingerprint density at radius 1 is 1.47 bits per heavy atom. The van der Waals surface area contributed by atoms with Crippen LogP contribution in [0.1, 0.15) is 18.4 Å². The van der Waals surface area contributed by atoms with Crippen molar-refractivity contribution in [3.63, 3.8) is 0 Å². The molecule has 1 aromatic rings. The van der Waals surface area contributed by atoms with Gasteiger partial charge < -0.3 is 15.4 Å². The van der Waals surface area contributed by atoms with E-state index in [-0.39, 0.29) is 0 Å². The van der Waals surface area contributed by atoms with Crippen LogP contribution < -0.4 is 10.5 Å². The molecule has 0 radical (unpaired) electrons. The Bertz CT molecular complexity index is 380. The highest BCUT2D eigenvalue weighted by Gasteiger charge is 2.25. The minimum atomic E-state index is 0.504. The Balaban J connectivity index is 1.81. The normalized spacial score (nSPS) is 15.3. The van der Waals surface area contributed by atoms with Gasteiger partial charge in [0.25, 0.3) is 0 Å². The zero-order valence-electron chi connectivity index (χ0n) is 10.2. The number of hydrogen-bond donors (Lipinski definition) is 1. The average Bonchev–Trinajstić information content (AvgIpc) is 3.15. The average molecular weight is 255 g/mol. The predicted octanol–water partition coefficient (Wildman–Crippen LogP) is 2.27. The van der Waals surface area contributed by atoms with Crippen molar-refractivity contribution in [3.8, 4) is 5.75 Å². The molecule has 2 N–H and O–H groups in total. The van der Waals surface area contributed by atoms with Gasteiger partial charge in [-0.25, -0.2) is 0 Å². The van der Waals surface area contributed by atoms with Crippen LogP contribution >= 0.6 is 11.6 Å². The summed E-state index contributed by atoms with van der Waals surface area (Å²) in [5, 5.41) is 0.641. The minimum absolute atomic E-state index is 0.504. The smallest absolute Gasteiger partial charge is 0.137 e. The molecule has 1 aliphatic rings. The molecule has 0 aliphatic heterocycles. The van der Waals surface area contributed by atoms with Crippen LogP contribution in [0, 0.1) is 0 Å². The van der Waals surface area contributed by atoms with Crippen LogP contribution in [0.15, 0.2) is 18.2 Å². The lowest BCUT2D eigenvalue weighted by atomic mass is 10.2. The molecular formula is C13H19ClN2O. The molecule has 1 fully saturated rings. The maximum atomic E-state index is 6.10. The molecule has 0 bridgehead atoms. The molecule has 17 heavy (non-hydrogen) atoms. The first kappa shape index (κ1) is 12.7. The molecule has 0 amide bonds. The van der Waals surface area contributed by atoms with Gasteiger partial charge in [-0.2, -0.15) is 0 Å². The Morgan fingerprint density at radius 2 is 2.24 bits per heavy atom. The molecule has 0 heterocycles. The second-order valence-electron chi connectivity index (χ2n) is 4.53. The second kappa shape index (κ2) is 5.71. The Hall–Kier alpha value is -0.770. The Labute approximate surface area is 107 Å². The lowest BCUT2D eigenvalue weighted by Gasteiger charge is -2.16. The monoisotopic (exact) mass is 254 g/mol. The Kier molecular flexibility index (Phi) is 4.26. The van der Waals surface area contributed by atoms with E-state index >= 15 is 0 Å². The SMILES string of the molecule is CN(CCOc1ccc(CN)cc1Cl)C1CC1. The van der Waals surface area contributed by atoms with E-state index in [1.54, 1.807) is 0 Å². The zero-order chi connectivity index (χ0) is 12.3. The van der Waals surface area contributed by atoms with Gasteiger partial charge in [0.05, 0.1) is 5.02 Å². The molecule has 0 saturated heterocycles. The maximum Gasteiger partial charge on any atom is 0.137 e. The molecule has 2 rings (SSSR count). The lowest BCUT2D eigenvalue weighted by molar-refractivity contribution is 0.232. The molecule has 0 aromatic heterocycles. The molecule has 1 aromatic carbocycles. The molecular weight excluding hydrogens is 236 g/mol. The summed E-state index contributed by atoms with van der Waals surface area (Å²) >= 11 is 6.10. The first-order chi connectivity index (χ1) is 8.20. The summed E-state index contributed by atoms with van der Waals surface area (Å²) in [7, 11) is 2.14. The zero-order valence-corrected chi connectivity index (χ0v) is 10.9. The summed E-state index contributed by atoms with van der Waals surface area (Å²) in [6.07, 6.45) is 2.64. The summed E-state index contributed by atoms with van der Waals surface area (Å²) in [5.74, 6) is 0.744. The van der Waals surface area contributed by atoms with E-state index in [0.29, 0.717) is 18.2 Å². The Morgan fingerprint density at radius 3 is 2.82 bits per heavy atom. The topological polar surface area (TPSA) is 38.5 Å². The number of nitrogens with two attached hydrogens (primary N) is 1. The van der Waals surface area contributed by atoms with Gasteiger partial charge in [0.15, 0.2) is 0 Å². The number of ether oxygens (including phenoxy) is 1. The molecule has 0 spiro atoms. The fraction of sp³-hybridized carbons (Fsp3) is 0.538.